The number of nitrogens with zero attached hydrogens (tertiary/aromatic N) is 5. The summed E-state index contributed by atoms with van der Waals surface area (Å²) in [6.07, 6.45) is -3.13. The topological polar surface area (TPSA) is 88.0 Å². The van der Waals surface area contributed by atoms with Crippen molar-refractivity contribution in [3.63, 3.8) is 0 Å². The maximum Gasteiger partial charge on any atom is 0.435 e. The van der Waals surface area contributed by atoms with Crippen LogP contribution in [0.1, 0.15) is 22.5 Å². The molecule has 4 rings (SSSR count). The van der Waals surface area contributed by atoms with Gasteiger partial charge in [0.2, 0.25) is 11.9 Å². The first kappa shape index (κ1) is 20.6. The van der Waals surface area contributed by atoms with Crippen LogP contribution in [-0.4, -0.2) is 39.2 Å². The minimum atomic E-state index is -4.45. The molecular weight excluding hydrogens is 411 g/mol. The Morgan fingerprint density at radius 3 is 2.52 bits per heavy atom. The number of benzene rings is 1. The molecule has 162 valence electrons. The number of likely N-dealkylation sites (N-methyl/N-ethyl adjacent to an activating group) is 1. The Morgan fingerprint density at radius 2 is 1.84 bits per heavy atom. The fourth-order valence-corrected chi connectivity index (χ4v) is 3.26. The number of alkyl halides is 3. The first-order valence-corrected chi connectivity index (χ1v) is 9.51. The van der Waals surface area contributed by atoms with E-state index in [2.05, 4.69) is 25.7 Å². The van der Waals surface area contributed by atoms with Gasteiger partial charge in [-0.3, -0.25) is 9.48 Å². The van der Waals surface area contributed by atoms with Gasteiger partial charge in [0.25, 0.3) is 0 Å². The van der Waals surface area contributed by atoms with Crippen LogP contribution in [0.15, 0.2) is 36.5 Å². The van der Waals surface area contributed by atoms with E-state index in [1.54, 1.807) is 18.9 Å². The monoisotopic (exact) mass is 431 g/mol. The molecule has 1 aromatic carbocycles. The number of aryl methyl sites for hydroxylation is 1. The predicted molar refractivity (Wildman–Crippen MR) is 109 cm³/mol. The largest absolute Gasteiger partial charge is 0.435 e. The zero-order valence-corrected chi connectivity index (χ0v) is 16.9. The van der Waals surface area contributed by atoms with Crippen molar-refractivity contribution >= 4 is 23.4 Å². The number of rotatable bonds is 5. The SMILES string of the molecule is Cc1nc(NCc2ccc(Cn3ccc(C(F)(F)F)n3)cc2)nc2c1NC(=O)CN2C. The number of hydrogen-bond acceptors (Lipinski definition) is 6. The van der Waals surface area contributed by atoms with Gasteiger partial charge in [0.1, 0.15) is 5.69 Å². The van der Waals surface area contributed by atoms with E-state index in [1.165, 1.54) is 10.9 Å². The highest BCUT2D eigenvalue weighted by Gasteiger charge is 2.33. The normalized spacial score (nSPS) is 13.7. The van der Waals surface area contributed by atoms with Crippen LogP contribution in [0.4, 0.5) is 30.6 Å². The summed E-state index contributed by atoms with van der Waals surface area (Å²) in [5, 5.41) is 9.52. The molecule has 31 heavy (non-hydrogen) atoms. The van der Waals surface area contributed by atoms with Gasteiger partial charge in [0.05, 0.1) is 18.8 Å². The van der Waals surface area contributed by atoms with Gasteiger partial charge in [0, 0.05) is 19.8 Å². The van der Waals surface area contributed by atoms with Crippen LogP contribution < -0.4 is 15.5 Å². The Kier molecular flexibility index (Phi) is 5.25. The molecule has 1 aliphatic rings. The molecule has 0 saturated heterocycles. The first-order chi connectivity index (χ1) is 14.7. The van der Waals surface area contributed by atoms with E-state index in [1.807, 2.05) is 24.3 Å². The Bertz CT molecular complexity index is 1110. The molecule has 11 heteroatoms. The molecule has 8 nitrogen and oxygen atoms in total. The van der Waals surface area contributed by atoms with Gasteiger partial charge in [-0.1, -0.05) is 24.3 Å². The molecule has 0 aliphatic carbocycles. The van der Waals surface area contributed by atoms with Gasteiger partial charge in [-0.05, 0) is 24.1 Å². The number of halogens is 3. The quantitative estimate of drug-likeness (QED) is 0.646. The van der Waals surface area contributed by atoms with Gasteiger partial charge in [-0.2, -0.15) is 23.3 Å². The van der Waals surface area contributed by atoms with Gasteiger partial charge in [-0.25, -0.2) is 4.98 Å². The van der Waals surface area contributed by atoms with Crippen molar-refractivity contribution in [2.45, 2.75) is 26.2 Å². The van der Waals surface area contributed by atoms with Crippen LogP contribution >= 0.6 is 0 Å². The van der Waals surface area contributed by atoms with E-state index < -0.39 is 11.9 Å². The lowest BCUT2D eigenvalue weighted by Crippen LogP contribution is -2.36. The molecule has 0 spiro atoms. The molecule has 1 aliphatic heterocycles. The second-order valence-electron chi connectivity index (χ2n) is 7.30. The van der Waals surface area contributed by atoms with Crippen molar-refractivity contribution in [3.05, 3.63) is 59.0 Å². The van der Waals surface area contributed by atoms with Gasteiger partial charge >= 0.3 is 6.18 Å². The third kappa shape index (κ3) is 4.60. The van der Waals surface area contributed by atoms with Crippen molar-refractivity contribution in [2.75, 3.05) is 29.1 Å². The number of anilines is 3. The van der Waals surface area contributed by atoms with Crippen LogP contribution in [0, 0.1) is 6.92 Å². The lowest BCUT2D eigenvalue weighted by Gasteiger charge is -2.27. The average molecular weight is 431 g/mol. The maximum atomic E-state index is 12.7. The number of amides is 1. The molecule has 0 bridgehead atoms. The minimum Gasteiger partial charge on any atom is -0.350 e. The van der Waals surface area contributed by atoms with Crippen LogP contribution in [0.25, 0.3) is 0 Å². The zero-order chi connectivity index (χ0) is 22.2. The average Bonchev–Trinajstić information content (AvgIpc) is 3.17. The third-order valence-corrected chi connectivity index (χ3v) is 4.83. The highest BCUT2D eigenvalue weighted by atomic mass is 19.4. The summed E-state index contributed by atoms with van der Waals surface area (Å²) >= 11 is 0. The fourth-order valence-electron chi connectivity index (χ4n) is 3.26. The van der Waals surface area contributed by atoms with Crippen molar-refractivity contribution < 1.29 is 18.0 Å². The van der Waals surface area contributed by atoms with E-state index in [0.29, 0.717) is 29.7 Å². The van der Waals surface area contributed by atoms with Crippen molar-refractivity contribution in [1.29, 1.82) is 0 Å². The van der Waals surface area contributed by atoms with E-state index in [0.717, 1.165) is 17.2 Å². The first-order valence-electron chi connectivity index (χ1n) is 9.51. The summed E-state index contributed by atoms with van der Waals surface area (Å²) in [4.78, 5) is 22.3. The molecule has 0 saturated carbocycles. The summed E-state index contributed by atoms with van der Waals surface area (Å²) < 4.78 is 39.2. The summed E-state index contributed by atoms with van der Waals surface area (Å²) in [5.41, 5.74) is 2.17. The van der Waals surface area contributed by atoms with Crippen molar-refractivity contribution in [1.82, 2.24) is 19.7 Å². The van der Waals surface area contributed by atoms with Crippen LogP contribution in [-0.2, 0) is 24.1 Å². The third-order valence-electron chi connectivity index (χ3n) is 4.83. The lowest BCUT2D eigenvalue weighted by atomic mass is 10.1. The number of hydrogen-bond donors (Lipinski definition) is 2. The highest BCUT2D eigenvalue weighted by molar-refractivity contribution is 6.00. The van der Waals surface area contributed by atoms with Crippen LogP contribution in [0.2, 0.25) is 0 Å². The summed E-state index contributed by atoms with van der Waals surface area (Å²) in [5.74, 6) is 0.995. The minimum absolute atomic E-state index is 0.104. The summed E-state index contributed by atoms with van der Waals surface area (Å²) in [6.45, 7) is 2.74. The van der Waals surface area contributed by atoms with E-state index in [4.69, 9.17) is 0 Å². The standard InChI is InChI=1S/C20H20F3N7O/c1-12-17-18(29(2)11-16(31)26-17)27-19(25-12)24-9-13-3-5-14(6-4-13)10-30-8-7-15(28-30)20(21,22)23/h3-8H,9-11H2,1-2H3,(H,26,31)(H,24,25,27). The molecule has 3 heterocycles. The number of aromatic nitrogens is 4. The summed E-state index contributed by atoms with van der Waals surface area (Å²) in [7, 11) is 1.80. The Balaban J connectivity index is 1.40. The molecule has 0 radical (unpaired) electrons. The number of fused-ring (bicyclic) bond motifs is 1. The van der Waals surface area contributed by atoms with Crippen molar-refractivity contribution in [3.8, 4) is 0 Å². The molecule has 2 N–H and O–H groups in total. The second-order valence-corrected chi connectivity index (χ2v) is 7.30. The molecule has 1 amide bonds. The van der Waals surface area contributed by atoms with E-state index >= 15 is 0 Å². The highest BCUT2D eigenvalue weighted by Crippen LogP contribution is 2.30. The predicted octanol–water partition coefficient (Wildman–Crippen LogP) is 3.05. The molecular formula is C20H20F3N7O. The smallest absolute Gasteiger partial charge is 0.350 e. The molecule has 0 fully saturated rings. The van der Waals surface area contributed by atoms with E-state index in [-0.39, 0.29) is 19.0 Å². The van der Waals surface area contributed by atoms with Crippen LogP contribution in [0.3, 0.4) is 0 Å². The Morgan fingerprint density at radius 1 is 1.13 bits per heavy atom. The number of carbonyl (C=O) groups is 1. The Hall–Kier alpha value is -3.63. The van der Waals surface area contributed by atoms with Gasteiger partial charge in [0.15, 0.2) is 11.5 Å². The molecule has 2 aromatic heterocycles. The molecule has 3 aromatic rings. The molecule has 0 unspecified atom stereocenters. The van der Waals surface area contributed by atoms with Crippen molar-refractivity contribution in [2.24, 2.45) is 0 Å². The van der Waals surface area contributed by atoms with E-state index in [9.17, 15) is 18.0 Å². The maximum absolute atomic E-state index is 12.7. The lowest BCUT2D eigenvalue weighted by molar-refractivity contribution is -0.141. The number of carbonyl (C=O) groups excluding carboxylic acids is 1. The van der Waals surface area contributed by atoms with Gasteiger partial charge < -0.3 is 15.5 Å². The fraction of sp³-hybridized carbons (Fsp3) is 0.300. The zero-order valence-electron chi connectivity index (χ0n) is 16.9. The van der Waals surface area contributed by atoms with Crippen LogP contribution in [0.5, 0.6) is 0 Å². The van der Waals surface area contributed by atoms with Gasteiger partial charge in [-0.15, -0.1) is 0 Å². The second kappa shape index (κ2) is 7.89. The Labute approximate surface area is 176 Å². The molecule has 0 atom stereocenters. The number of nitrogens with one attached hydrogen (secondary N) is 2. The summed E-state index contributed by atoms with van der Waals surface area (Å²) in [6, 6.07) is 8.41.